The van der Waals surface area contributed by atoms with E-state index in [-0.39, 0.29) is 23.0 Å². The van der Waals surface area contributed by atoms with Crippen LogP contribution in [0.1, 0.15) is 40.1 Å². The van der Waals surface area contributed by atoms with Crippen molar-refractivity contribution in [2.45, 2.75) is 26.1 Å². The molecule has 4 rings (SSSR count). The zero-order valence-electron chi connectivity index (χ0n) is 19.0. The van der Waals surface area contributed by atoms with E-state index in [1.165, 1.54) is 6.92 Å². The number of H-pyrrole nitrogens is 1. The predicted octanol–water partition coefficient (Wildman–Crippen LogP) is 2.89. The molecule has 0 spiro atoms. The molecule has 1 saturated heterocycles. The minimum absolute atomic E-state index is 0.0427. The van der Waals surface area contributed by atoms with Gasteiger partial charge in [0.25, 0.3) is 11.5 Å². The average Bonchev–Trinajstić information content (AvgIpc) is 2.82. The van der Waals surface area contributed by atoms with Gasteiger partial charge in [0.1, 0.15) is 11.3 Å². The molecule has 3 aromatic rings. The maximum Gasteiger partial charge on any atom is 0.422 e. The Hall–Kier alpha value is -3.47. The number of amides is 1. The van der Waals surface area contributed by atoms with Crippen LogP contribution >= 0.6 is 0 Å². The summed E-state index contributed by atoms with van der Waals surface area (Å²) >= 11 is 0. The molecule has 0 radical (unpaired) electrons. The molecule has 0 saturated carbocycles. The Balaban J connectivity index is 1.48. The second kappa shape index (κ2) is 9.05. The number of halogens is 3. The van der Waals surface area contributed by atoms with E-state index in [2.05, 4.69) is 30.1 Å². The number of aromatic amines is 1. The van der Waals surface area contributed by atoms with Gasteiger partial charge in [-0.05, 0) is 43.2 Å². The lowest BCUT2D eigenvalue weighted by Crippen LogP contribution is -2.47. The topological polar surface area (TPSA) is 94.2 Å². The molecule has 0 bridgehead atoms. The molecule has 3 aromatic heterocycles. The van der Waals surface area contributed by atoms with E-state index in [4.69, 9.17) is 0 Å². The number of aryl methyl sites for hydroxylation is 1. The number of piperazine rings is 1. The minimum atomic E-state index is -4.74. The van der Waals surface area contributed by atoms with Crippen molar-refractivity contribution in [3.05, 3.63) is 63.3 Å². The van der Waals surface area contributed by atoms with Crippen LogP contribution in [0, 0.1) is 6.92 Å². The van der Waals surface area contributed by atoms with E-state index in [1.807, 2.05) is 13.0 Å². The standard InChI is InChI=1S/C23H25F3N6O2/c1-13-19(23(24,25)26)22(34)30-18-10-15(11-29-20(13)18)14(2)31-6-8-32(9-7-31)16-4-5-17(28-12-16)21(33)27-3/h4-5,10-12,14H,6-9H2,1-3H3,(H,27,33)(H,30,34)/t14-/m0/s1. The number of alkyl halides is 3. The van der Waals surface area contributed by atoms with Gasteiger partial charge < -0.3 is 15.2 Å². The van der Waals surface area contributed by atoms with E-state index in [0.29, 0.717) is 11.2 Å². The average molecular weight is 474 g/mol. The van der Waals surface area contributed by atoms with E-state index in [9.17, 15) is 22.8 Å². The molecule has 0 unspecified atom stereocenters. The summed E-state index contributed by atoms with van der Waals surface area (Å²) in [6.45, 7) is 6.27. The van der Waals surface area contributed by atoms with Gasteiger partial charge in [0.15, 0.2) is 0 Å². The van der Waals surface area contributed by atoms with Crippen LogP contribution in [-0.2, 0) is 6.18 Å². The summed E-state index contributed by atoms with van der Waals surface area (Å²) in [5, 5.41) is 2.54. The fourth-order valence-corrected chi connectivity index (χ4v) is 4.33. The number of carbonyl (C=O) groups excluding carboxylic acids is 1. The lowest BCUT2D eigenvalue weighted by atomic mass is 10.0. The maximum atomic E-state index is 13.2. The molecule has 34 heavy (non-hydrogen) atoms. The molecule has 0 aliphatic carbocycles. The molecule has 1 atom stereocenters. The molecule has 8 nitrogen and oxygen atoms in total. The van der Waals surface area contributed by atoms with Gasteiger partial charge in [-0.1, -0.05) is 0 Å². The van der Waals surface area contributed by atoms with Gasteiger partial charge in [0, 0.05) is 45.5 Å². The highest BCUT2D eigenvalue weighted by Gasteiger charge is 2.37. The Morgan fingerprint density at radius 3 is 2.44 bits per heavy atom. The number of carbonyl (C=O) groups is 1. The Kier molecular flexibility index (Phi) is 6.30. The van der Waals surface area contributed by atoms with Gasteiger partial charge in [-0.2, -0.15) is 13.2 Å². The van der Waals surface area contributed by atoms with Crippen LogP contribution in [0.3, 0.4) is 0 Å². The minimum Gasteiger partial charge on any atom is -0.368 e. The molecule has 0 aromatic carbocycles. The lowest BCUT2D eigenvalue weighted by molar-refractivity contribution is -0.139. The monoisotopic (exact) mass is 474 g/mol. The number of hydrogen-bond donors (Lipinski definition) is 2. The van der Waals surface area contributed by atoms with Crippen LogP contribution in [0.25, 0.3) is 11.0 Å². The first-order chi connectivity index (χ1) is 16.1. The first kappa shape index (κ1) is 23.7. The van der Waals surface area contributed by atoms with Gasteiger partial charge in [0.2, 0.25) is 0 Å². The van der Waals surface area contributed by atoms with Crippen LogP contribution in [0.2, 0.25) is 0 Å². The molecule has 1 fully saturated rings. The molecule has 1 aliphatic rings. The van der Waals surface area contributed by atoms with Crippen molar-refractivity contribution < 1.29 is 18.0 Å². The molecular weight excluding hydrogens is 449 g/mol. The lowest BCUT2D eigenvalue weighted by Gasteiger charge is -2.39. The number of rotatable bonds is 4. The van der Waals surface area contributed by atoms with Gasteiger partial charge >= 0.3 is 6.18 Å². The summed E-state index contributed by atoms with van der Waals surface area (Å²) < 4.78 is 39.7. The van der Waals surface area contributed by atoms with Gasteiger partial charge in [-0.25, -0.2) is 4.98 Å². The number of aromatic nitrogens is 3. The Morgan fingerprint density at radius 1 is 1.15 bits per heavy atom. The first-order valence-electron chi connectivity index (χ1n) is 10.9. The largest absolute Gasteiger partial charge is 0.422 e. The summed E-state index contributed by atoms with van der Waals surface area (Å²) in [4.78, 5) is 39.0. The van der Waals surface area contributed by atoms with Crippen molar-refractivity contribution in [3.8, 4) is 0 Å². The Morgan fingerprint density at radius 2 is 1.85 bits per heavy atom. The predicted molar refractivity (Wildman–Crippen MR) is 122 cm³/mol. The van der Waals surface area contributed by atoms with Gasteiger partial charge in [-0.3, -0.25) is 19.5 Å². The third kappa shape index (κ3) is 4.47. The number of hydrogen-bond acceptors (Lipinski definition) is 6. The van der Waals surface area contributed by atoms with Crippen LogP contribution in [0.4, 0.5) is 18.9 Å². The van der Waals surface area contributed by atoms with Gasteiger partial charge in [0.05, 0.1) is 22.9 Å². The maximum absolute atomic E-state index is 13.2. The fourth-order valence-electron chi connectivity index (χ4n) is 4.33. The third-order valence-corrected chi connectivity index (χ3v) is 6.31. The molecule has 180 valence electrons. The molecular formula is C23H25F3N6O2. The van der Waals surface area contributed by atoms with E-state index < -0.39 is 17.3 Å². The van der Waals surface area contributed by atoms with E-state index in [0.717, 1.165) is 37.4 Å². The third-order valence-electron chi connectivity index (χ3n) is 6.31. The summed E-state index contributed by atoms with van der Waals surface area (Å²) in [5.74, 6) is -0.236. The first-order valence-corrected chi connectivity index (χ1v) is 10.9. The molecule has 1 aliphatic heterocycles. The van der Waals surface area contributed by atoms with Crippen LogP contribution in [-0.4, -0.2) is 59.0 Å². The number of anilines is 1. The fraction of sp³-hybridized carbons (Fsp3) is 0.391. The van der Waals surface area contributed by atoms with Gasteiger partial charge in [-0.15, -0.1) is 0 Å². The zero-order chi connectivity index (χ0) is 24.6. The normalized spacial score (nSPS) is 16.0. The second-order valence-corrected chi connectivity index (χ2v) is 8.30. The van der Waals surface area contributed by atoms with Crippen molar-refractivity contribution in [1.82, 2.24) is 25.2 Å². The Bertz CT molecular complexity index is 1260. The SMILES string of the molecule is CNC(=O)c1ccc(N2CCN([C@@H](C)c3cnc4c(C)c(C(F)(F)F)c(=O)[nH]c4c3)CC2)cn1. The van der Waals surface area contributed by atoms with Crippen molar-refractivity contribution in [1.29, 1.82) is 0 Å². The zero-order valence-corrected chi connectivity index (χ0v) is 19.0. The van der Waals surface area contributed by atoms with Crippen LogP contribution < -0.4 is 15.8 Å². The molecule has 2 N–H and O–H groups in total. The molecule has 4 heterocycles. The highest BCUT2D eigenvalue weighted by molar-refractivity contribution is 5.92. The van der Waals surface area contributed by atoms with Crippen LogP contribution in [0.15, 0.2) is 35.4 Å². The number of nitrogens with zero attached hydrogens (tertiary/aromatic N) is 4. The van der Waals surface area contributed by atoms with Crippen molar-refractivity contribution in [3.63, 3.8) is 0 Å². The molecule has 1 amide bonds. The quantitative estimate of drug-likeness (QED) is 0.604. The second-order valence-electron chi connectivity index (χ2n) is 8.30. The summed E-state index contributed by atoms with van der Waals surface area (Å²) in [7, 11) is 1.56. The number of nitrogens with one attached hydrogen (secondary N) is 2. The Labute approximate surface area is 193 Å². The number of pyridine rings is 3. The van der Waals surface area contributed by atoms with Crippen molar-refractivity contribution in [2.75, 3.05) is 38.1 Å². The van der Waals surface area contributed by atoms with Crippen LogP contribution in [0.5, 0.6) is 0 Å². The summed E-state index contributed by atoms with van der Waals surface area (Å²) in [5.41, 5.74) is -0.00143. The van der Waals surface area contributed by atoms with Crippen molar-refractivity contribution in [2.24, 2.45) is 0 Å². The highest BCUT2D eigenvalue weighted by Crippen LogP contribution is 2.32. The highest BCUT2D eigenvalue weighted by atomic mass is 19.4. The summed E-state index contributed by atoms with van der Waals surface area (Å²) in [6.07, 6.45) is -1.48. The smallest absolute Gasteiger partial charge is 0.368 e. The summed E-state index contributed by atoms with van der Waals surface area (Å²) in [6, 6.07) is 5.23. The van der Waals surface area contributed by atoms with E-state index in [1.54, 1.807) is 31.6 Å². The van der Waals surface area contributed by atoms with Crippen molar-refractivity contribution >= 4 is 22.6 Å². The molecule has 11 heteroatoms. The van der Waals surface area contributed by atoms with E-state index >= 15 is 0 Å². The number of fused-ring (bicyclic) bond motifs is 1.